The van der Waals surface area contributed by atoms with Crippen LogP contribution in [0.2, 0.25) is 0 Å². The van der Waals surface area contributed by atoms with Crippen LogP contribution >= 0.6 is 12.4 Å². The molecule has 0 radical (unpaired) electrons. The summed E-state index contributed by atoms with van der Waals surface area (Å²) < 4.78 is 0. The van der Waals surface area contributed by atoms with Crippen LogP contribution in [0.3, 0.4) is 0 Å². The third kappa shape index (κ3) is 4.67. The lowest BCUT2D eigenvalue weighted by Gasteiger charge is -2.20. The Labute approximate surface area is 116 Å². The number of halogens is 1. The monoisotopic (exact) mass is 270 g/mol. The predicted molar refractivity (Wildman–Crippen MR) is 77.8 cm³/mol. The molecule has 0 aliphatic carbocycles. The first kappa shape index (κ1) is 16.9. The molecule has 4 heteroatoms. The van der Waals surface area contributed by atoms with Crippen LogP contribution in [0, 0.1) is 12.8 Å². The number of hydrogen-bond donors (Lipinski definition) is 2. The second-order valence-electron chi connectivity index (χ2n) is 4.93. The van der Waals surface area contributed by atoms with Crippen LogP contribution in [-0.4, -0.2) is 11.9 Å². The molecule has 0 saturated heterocycles. The van der Waals surface area contributed by atoms with Crippen molar-refractivity contribution in [1.82, 2.24) is 5.32 Å². The highest BCUT2D eigenvalue weighted by Gasteiger charge is 2.18. The van der Waals surface area contributed by atoms with Gasteiger partial charge in [-0.15, -0.1) is 12.4 Å². The molecule has 0 bridgehead atoms. The number of amides is 1. The van der Waals surface area contributed by atoms with Gasteiger partial charge in [0.15, 0.2) is 0 Å². The van der Waals surface area contributed by atoms with Crippen molar-refractivity contribution in [1.29, 1.82) is 0 Å². The van der Waals surface area contributed by atoms with Gasteiger partial charge < -0.3 is 11.1 Å². The molecule has 0 fully saturated rings. The maximum Gasteiger partial charge on any atom is 0.241 e. The molecule has 1 amide bonds. The summed E-state index contributed by atoms with van der Waals surface area (Å²) in [5.74, 6) is 0.291. The number of nitrogens with one attached hydrogen (secondary N) is 1. The standard InChI is InChI=1S/C14H22N2O.ClH/c1-9(2)11(4)16-14(17)13(15)12-7-5-10(3)6-8-12;/h5-9,11,13H,15H2,1-4H3,(H,16,17);1H. The van der Waals surface area contributed by atoms with Gasteiger partial charge in [-0.2, -0.15) is 0 Å². The predicted octanol–water partition coefficient (Wildman–Crippen LogP) is 2.58. The highest BCUT2D eigenvalue weighted by molar-refractivity contribution is 5.85. The molecule has 2 atom stereocenters. The van der Waals surface area contributed by atoms with Gasteiger partial charge in [-0.05, 0) is 25.3 Å². The van der Waals surface area contributed by atoms with Crippen LogP contribution in [0.4, 0.5) is 0 Å². The Morgan fingerprint density at radius 3 is 2.11 bits per heavy atom. The molecule has 0 aliphatic rings. The van der Waals surface area contributed by atoms with Gasteiger partial charge in [-0.1, -0.05) is 43.7 Å². The second kappa shape index (κ2) is 7.39. The molecular formula is C14H23ClN2O. The number of carbonyl (C=O) groups is 1. The molecule has 3 N–H and O–H groups in total. The van der Waals surface area contributed by atoms with Gasteiger partial charge in [0.05, 0.1) is 0 Å². The Kier molecular flexibility index (Phi) is 6.96. The van der Waals surface area contributed by atoms with Gasteiger partial charge in [0.2, 0.25) is 5.91 Å². The molecule has 0 heterocycles. The molecule has 1 aromatic carbocycles. The lowest BCUT2D eigenvalue weighted by Crippen LogP contribution is -2.41. The van der Waals surface area contributed by atoms with Crippen molar-refractivity contribution in [3.63, 3.8) is 0 Å². The number of rotatable bonds is 4. The molecule has 18 heavy (non-hydrogen) atoms. The van der Waals surface area contributed by atoms with E-state index in [9.17, 15) is 4.79 Å². The molecule has 1 rings (SSSR count). The fourth-order valence-corrected chi connectivity index (χ4v) is 1.41. The zero-order valence-electron chi connectivity index (χ0n) is 11.4. The molecule has 0 aromatic heterocycles. The lowest BCUT2D eigenvalue weighted by atomic mass is 10.0. The summed E-state index contributed by atoms with van der Waals surface area (Å²) in [6.07, 6.45) is 0. The Morgan fingerprint density at radius 2 is 1.67 bits per heavy atom. The SMILES string of the molecule is Cc1ccc(C(N)C(=O)NC(C)C(C)C)cc1.Cl. The zero-order valence-corrected chi connectivity index (χ0v) is 12.3. The normalized spacial score (nSPS) is 13.7. The summed E-state index contributed by atoms with van der Waals surface area (Å²) in [7, 11) is 0. The Bertz CT molecular complexity index is 376. The van der Waals surface area contributed by atoms with Crippen molar-refractivity contribution < 1.29 is 4.79 Å². The third-order valence-electron chi connectivity index (χ3n) is 3.09. The molecule has 0 saturated carbocycles. The highest BCUT2D eigenvalue weighted by atomic mass is 35.5. The smallest absolute Gasteiger partial charge is 0.241 e. The topological polar surface area (TPSA) is 55.1 Å². The largest absolute Gasteiger partial charge is 0.352 e. The van der Waals surface area contributed by atoms with Crippen LogP contribution in [0.15, 0.2) is 24.3 Å². The van der Waals surface area contributed by atoms with Crippen LogP contribution in [0.1, 0.15) is 37.9 Å². The van der Waals surface area contributed by atoms with E-state index in [2.05, 4.69) is 19.2 Å². The summed E-state index contributed by atoms with van der Waals surface area (Å²) in [5, 5.41) is 2.93. The van der Waals surface area contributed by atoms with Crippen LogP contribution in [0.5, 0.6) is 0 Å². The van der Waals surface area contributed by atoms with Gasteiger partial charge in [-0.3, -0.25) is 4.79 Å². The highest BCUT2D eigenvalue weighted by Crippen LogP contribution is 2.12. The lowest BCUT2D eigenvalue weighted by molar-refractivity contribution is -0.123. The van der Waals surface area contributed by atoms with E-state index in [1.165, 1.54) is 0 Å². The molecule has 0 spiro atoms. The number of carbonyl (C=O) groups excluding carboxylic acids is 1. The first-order valence-corrected chi connectivity index (χ1v) is 6.04. The number of aryl methyl sites for hydroxylation is 1. The van der Waals surface area contributed by atoms with Crippen LogP contribution in [-0.2, 0) is 4.79 Å². The minimum atomic E-state index is -0.586. The van der Waals surface area contributed by atoms with E-state index < -0.39 is 6.04 Å². The first-order chi connectivity index (χ1) is 7.91. The average molecular weight is 271 g/mol. The molecule has 0 aliphatic heterocycles. The summed E-state index contributed by atoms with van der Waals surface area (Å²) in [5.41, 5.74) is 7.94. The van der Waals surface area contributed by atoms with E-state index in [-0.39, 0.29) is 24.4 Å². The molecule has 1 aromatic rings. The fraction of sp³-hybridized carbons (Fsp3) is 0.500. The summed E-state index contributed by atoms with van der Waals surface area (Å²) >= 11 is 0. The van der Waals surface area contributed by atoms with E-state index in [4.69, 9.17) is 5.73 Å². The van der Waals surface area contributed by atoms with E-state index in [1.807, 2.05) is 38.1 Å². The van der Waals surface area contributed by atoms with Crippen molar-refractivity contribution >= 4 is 18.3 Å². The minimum absolute atomic E-state index is 0. The first-order valence-electron chi connectivity index (χ1n) is 6.04. The van der Waals surface area contributed by atoms with Crippen molar-refractivity contribution in [3.05, 3.63) is 35.4 Å². The van der Waals surface area contributed by atoms with Crippen molar-refractivity contribution in [3.8, 4) is 0 Å². The van der Waals surface area contributed by atoms with E-state index in [0.717, 1.165) is 11.1 Å². The van der Waals surface area contributed by atoms with Gasteiger partial charge >= 0.3 is 0 Å². The zero-order chi connectivity index (χ0) is 13.0. The Hall–Kier alpha value is -1.06. The minimum Gasteiger partial charge on any atom is -0.352 e. The molecule has 3 nitrogen and oxygen atoms in total. The molecule has 102 valence electrons. The Morgan fingerprint density at radius 1 is 1.17 bits per heavy atom. The van der Waals surface area contributed by atoms with Crippen molar-refractivity contribution in [2.75, 3.05) is 0 Å². The fourth-order valence-electron chi connectivity index (χ4n) is 1.41. The maximum absolute atomic E-state index is 11.9. The number of nitrogens with two attached hydrogens (primary N) is 1. The summed E-state index contributed by atoms with van der Waals surface area (Å²) in [6, 6.07) is 7.29. The van der Waals surface area contributed by atoms with E-state index >= 15 is 0 Å². The summed E-state index contributed by atoms with van der Waals surface area (Å²) in [4.78, 5) is 11.9. The van der Waals surface area contributed by atoms with Gasteiger partial charge in [0.25, 0.3) is 0 Å². The number of benzene rings is 1. The second-order valence-corrected chi connectivity index (χ2v) is 4.93. The maximum atomic E-state index is 11.9. The van der Waals surface area contributed by atoms with Gasteiger partial charge in [0, 0.05) is 6.04 Å². The van der Waals surface area contributed by atoms with E-state index in [0.29, 0.717) is 5.92 Å². The summed E-state index contributed by atoms with van der Waals surface area (Å²) in [6.45, 7) is 8.14. The van der Waals surface area contributed by atoms with Crippen molar-refractivity contribution in [2.45, 2.75) is 39.8 Å². The number of hydrogen-bond acceptors (Lipinski definition) is 2. The van der Waals surface area contributed by atoms with Crippen molar-refractivity contribution in [2.24, 2.45) is 11.7 Å². The molecule has 2 unspecified atom stereocenters. The quantitative estimate of drug-likeness (QED) is 0.884. The average Bonchev–Trinajstić information content (AvgIpc) is 2.28. The molecular weight excluding hydrogens is 248 g/mol. The third-order valence-corrected chi connectivity index (χ3v) is 3.09. The Balaban J connectivity index is 0.00000289. The van der Waals surface area contributed by atoms with Gasteiger partial charge in [-0.25, -0.2) is 0 Å². The van der Waals surface area contributed by atoms with Crippen LogP contribution < -0.4 is 11.1 Å². The van der Waals surface area contributed by atoms with Gasteiger partial charge in [0.1, 0.15) is 6.04 Å². The van der Waals surface area contributed by atoms with Crippen LogP contribution in [0.25, 0.3) is 0 Å². The van der Waals surface area contributed by atoms with E-state index in [1.54, 1.807) is 0 Å².